The second kappa shape index (κ2) is 10.3. The van der Waals surface area contributed by atoms with Crippen LogP contribution in [0.25, 0.3) is 96.9 Å². The number of nitrogens with zero attached hydrogens (tertiary/aromatic N) is 1. The zero-order chi connectivity index (χ0) is 30.9. The van der Waals surface area contributed by atoms with Crippen molar-refractivity contribution in [2.75, 3.05) is 0 Å². The van der Waals surface area contributed by atoms with Gasteiger partial charge in [-0.25, -0.2) is 4.98 Å². The van der Waals surface area contributed by atoms with Crippen LogP contribution in [-0.4, -0.2) is 4.98 Å². The number of benzene rings is 9. The van der Waals surface area contributed by atoms with Crippen molar-refractivity contribution in [1.29, 1.82) is 0 Å². The van der Waals surface area contributed by atoms with Gasteiger partial charge in [0.2, 0.25) is 0 Å². The van der Waals surface area contributed by atoms with Gasteiger partial charge in [-0.2, -0.15) is 0 Å². The van der Waals surface area contributed by atoms with E-state index in [1.807, 2.05) is 0 Å². The summed E-state index contributed by atoms with van der Waals surface area (Å²) >= 11 is 1.79. The van der Waals surface area contributed by atoms with Crippen molar-refractivity contribution < 1.29 is 0 Å². The molecule has 47 heavy (non-hydrogen) atoms. The van der Waals surface area contributed by atoms with E-state index < -0.39 is 0 Å². The summed E-state index contributed by atoms with van der Waals surface area (Å²) in [5.74, 6) is 0. The van der Waals surface area contributed by atoms with Crippen LogP contribution in [0.5, 0.6) is 0 Å². The van der Waals surface area contributed by atoms with Gasteiger partial charge in [0.05, 0.1) is 10.2 Å². The fourth-order valence-electron chi connectivity index (χ4n) is 7.39. The Morgan fingerprint density at radius 1 is 0.362 bits per heavy atom. The van der Waals surface area contributed by atoms with Gasteiger partial charge in [0.25, 0.3) is 0 Å². The summed E-state index contributed by atoms with van der Waals surface area (Å²) in [6.45, 7) is 0. The minimum Gasteiger partial charge on any atom is -0.236 e. The van der Waals surface area contributed by atoms with E-state index in [2.05, 4.69) is 164 Å². The highest BCUT2D eigenvalue weighted by atomic mass is 32.1. The molecular weight excluding hydrogens is 587 g/mol. The molecular formula is C45H27NS. The van der Waals surface area contributed by atoms with E-state index >= 15 is 0 Å². The molecule has 0 aliphatic heterocycles. The first-order chi connectivity index (χ1) is 23.3. The summed E-state index contributed by atoms with van der Waals surface area (Å²) in [4.78, 5) is 5.02. The van der Waals surface area contributed by atoms with Gasteiger partial charge in [0.15, 0.2) is 0 Å². The molecule has 0 aliphatic rings. The Hall–Kier alpha value is -5.83. The van der Waals surface area contributed by atoms with Crippen LogP contribution in [0.4, 0.5) is 0 Å². The second-order valence-corrected chi connectivity index (χ2v) is 13.3. The Kier molecular flexibility index (Phi) is 5.81. The van der Waals surface area contributed by atoms with E-state index in [1.165, 1.54) is 80.8 Å². The van der Waals surface area contributed by atoms with Crippen molar-refractivity contribution in [2.24, 2.45) is 0 Å². The van der Waals surface area contributed by atoms with Crippen LogP contribution >= 0.6 is 11.3 Å². The minimum atomic E-state index is 1.06. The maximum atomic E-state index is 5.02. The first kappa shape index (κ1) is 26.4. The third-order valence-electron chi connectivity index (χ3n) is 9.63. The number of thiazole rings is 1. The molecule has 0 saturated carbocycles. The minimum absolute atomic E-state index is 1.06. The van der Waals surface area contributed by atoms with Crippen molar-refractivity contribution in [3.63, 3.8) is 0 Å². The molecule has 0 bridgehead atoms. The number of fused-ring (bicyclic) bond motifs is 10. The van der Waals surface area contributed by atoms with Crippen LogP contribution < -0.4 is 0 Å². The fraction of sp³-hybridized carbons (Fsp3) is 0. The number of aromatic nitrogens is 1. The average molecular weight is 614 g/mol. The van der Waals surface area contributed by atoms with Crippen molar-refractivity contribution in [1.82, 2.24) is 4.98 Å². The molecule has 0 saturated heterocycles. The highest BCUT2D eigenvalue weighted by Gasteiger charge is 2.14. The molecule has 9 aromatic carbocycles. The van der Waals surface area contributed by atoms with Crippen molar-refractivity contribution >= 4 is 75.4 Å². The molecule has 1 aromatic heterocycles. The number of hydrogen-bond acceptors (Lipinski definition) is 2. The van der Waals surface area contributed by atoms with E-state index in [0.29, 0.717) is 0 Å². The third-order valence-corrected chi connectivity index (χ3v) is 10.8. The molecule has 0 atom stereocenters. The average Bonchev–Trinajstić information content (AvgIpc) is 3.59. The molecule has 10 aromatic rings. The lowest BCUT2D eigenvalue weighted by Crippen LogP contribution is -1.88. The third kappa shape index (κ3) is 4.19. The molecule has 1 nitrogen and oxygen atoms in total. The van der Waals surface area contributed by atoms with Crippen molar-refractivity contribution in [3.8, 4) is 32.8 Å². The van der Waals surface area contributed by atoms with Crippen LogP contribution in [0.2, 0.25) is 0 Å². The van der Waals surface area contributed by atoms with Gasteiger partial charge >= 0.3 is 0 Å². The monoisotopic (exact) mass is 613 g/mol. The fourth-order valence-corrected chi connectivity index (χ4v) is 8.53. The van der Waals surface area contributed by atoms with E-state index in [9.17, 15) is 0 Å². The maximum Gasteiger partial charge on any atom is 0.124 e. The standard InChI is InChI=1S/C45H27NS/c1-2-10-30(11-3-1)45-46-41-24-21-29-17-18-35-26-32(20-22-38(35)42(29)44(41)47-45)31-13-8-14-33(25-31)40-27-34-12-5-7-16-37(34)43-36-15-6-4-9-28(36)19-23-39(40)43/h1-27H. The summed E-state index contributed by atoms with van der Waals surface area (Å²) < 4.78 is 1.25. The lowest BCUT2D eigenvalue weighted by atomic mass is 9.89. The number of rotatable bonds is 3. The lowest BCUT2D eigenvalue weighted by molar-refractivity contribution is 1.48. The summed E-state index contributed by atoms with van der Waals surface area (Å²) in [7, 11) is 0. The van der Waals surface area contributed by atoms with Crippen LogP contribution in [0.1, 0.15) is 0 Å². The normalized spacial score (nSPS) is 11.8. The van der Waals surface area contributed by atoms with Gasteiger partial charge in [-0.1, -0.05) is 140 Å². The molecule has 0 aliphatic carbocycles. The van der Waals surface area contributed by atoms with Crippen LogP contribution in [-0.2, 0) is 0 Å². The predicted molar refractivity (Wildman–Crippen MR) is 203 cm³/mol. The molecule has 0 spiro atoms. The van der Waals surface area contributed by atoms with E-state index in [-0.39, 0.29) is 0 Å². The smallest absolute Gasteiger partial charge is 0.124 e. The molecule has 2 heteroatoms. The van der Waals surface area contributed by atoms with Gasteiger partial charge in [-0.3, -0.25) is 0 Å². The largest absolute Gasteiger partial charge is 0.236 e. The summed E-state index contributed by atoms with van der Waals surface area (Å²) in [5.41, 5.74) is 7.15. The van der Waals surface area contributed by atoms with Gasteiger partial charge in [0, 0.05) is 10.9 Å². The Morgan fingerprint density at radius 2 is 0.979 bits per heavy atom. The number of hydrogen-bond donors (Lipinski definition) is 0. The SMILES string of the molecule is c1ccc(-c2nc3ccc4ccc5cc(-c6cccc(-c7cc8ccccc8c8c7ccc7ccccc78)c6)ccc5c4c3s2)cc1. The second-order valence-electron chi connectivity index (χ2n) is 12.3. The zero-order valence-corrected chi connectivity index (χ0v) is 26.3. The van der Waals surface area contributed by atoms with Gasteiger partial charge in [0.1, 0.15) is 5.01 Å². The first-order valence-electron chi connectivity index (χ1n) is 16.0. The molecule has 0 radical (unpaired) electrons. The topological polar surface area (TPSA) is 12.9 Å². The first-order valence-corrected chi connectivity index (χ1v) is 16.9. The molecule has 0 N–H and O–H groups in total. The zero-order valence-electron chi connectivity index (χ0n) is 25.4. The Bertz CT molecular complexity index is 2830. The van der Waals surface area contributed by atoms with Gasteiger partial charge in [-0.05, 0) is 95.0 Å². The quantitative estimate of drug-likeness (QED) is 0.181. The summed E-state index contributed by atoms with van der Waals surface area (Å²) in [5, 5.41) is 13.8. The molecule has 1 heterocycles. The summed E-state index contributed by atoms with van der Waals surface area (Å²) in [6.07, 6.45) is 0. The van der Waals surface area contributed by atoms with Crippen molar-refractivity contribution in [2.45, 2.75) is 0 Å². The lowest BCUT2D eigenvalue weighted by Gasteiger charge is -2.14. The van der Waals surface area contributed by atoms with Gasteiger partial charge < -0.3 is 0 Å². The molecule has 218 valence electrons. The van der Waals surface area contributed by atoms with Crippen molar-refractivity contribution in [3.05, 3.63) is 164 Å². The predicted octanol–water partition coefficient (Wildman–Crippen LogP) is 13.1. The molecule has 0 unspecified atom stereocenters. The molecule has 0 amide bonds. The van der Waals surface area contributed by atoms with E-state index in [1.54, 1.807) is 11.3 Å². The van der Waals surface area contributed by atoms with E-state index in [0.717, 1.165) is 16.1 Å². The highest BCUT2D eigenvalue weighted by molar-refractivity contribution is 7.22. The maximum absolute atomic E-state index is 5.02. The van der Waals surface area contributed by atoms with Crippen LogP contribution in [0, 0.1) is 0 Å². The van der Waals surface area contributed by atoms with Gasteiger partial charge in [-0.15, -0.1) is 11.3 Å². The van der Waals surface area contributed by atoms with Crippen LogP contribution in [0.15, 0.2) is 164 Å². The Balaban J connectivity index is 1.14. The highest BCUT2D eigenvalue weighted by Crippen LogP contribution is 2.42. The van der Waals surface area contributed by atoms with E-state index in [4.69, 9.17) is 4.98 Å². The Labute approximate surface area is 276 Å². The summed E-state index contributed by atoms with van der Waals surface area (Å²) in [6, 6.07) is 59.8. The molecule has 10 rings (SSSR count). The molecule has 0 fully saturated rings. The Morgan fingerprint density at radius 3 is 1.87 bits per heavy atom. The van der Waals surface area contributed by atoms with Crippen LogP contribution in [0.3, 0.4) is 0 Å².